The van der Waals surface area contributed by atoms with E-state index in [0.717, 1.165) is 11.1 Å². The Bertz CT molecular complexity index is 949. The molecular weight excluding hydrogens is 354 g/mol. The van der Waals surface area contributed by atoms with Gasteiger partial charge in [-0.15, -0.1) is 0 Å². The maximum absolute atomic E-state index is 12.3. The maximum Gasteiger partial charge on any atom is 0.249 e. The molecular formula is C22H23N3O3. The average molecular weight is 377 g/mol. The van der Waals surface area contributed by atoms with Crippen LogP contribution in [0.25, 0.3) is 6.08 Å². The monoisotopic (exact) mass is 377 g/mol. The van der Waals surface area contributed by atoms with Gasteiger partial charge in [0.1, 0.15) is 5.82 Å². The smallest absolute Gasteiger partial charge is 0.249 e. The van der Waals surface area contributed by atoms with Gasteiger partial charge < -0.3 is 14.8 Å². The molecule has 6 heteroatoms. The molecule has 1 amide bonds. The van der Waals surface area contributed by atoms with Gasteiger partial charge in [-0.3, -0.25) is 4.79 Å². The van der Waals surface area contributed by atoms with Gasteiger partial charge in [0.05, 0.1) is 26.5 Å². The van der Waals surface area contributed by atoms with Crippen molar-refractivity contribution in [3.8, 4) is 11.5 Å². The molecule has 0 aliphatic heterocycles. The molecule has 0 radical (unpaired) electrons. The predicted octanol–water partition coefficient (Wildman–Crippen LogP) is 3.99. The number of methoxy groups -OCH3 is 1. The highest BCUT2D eigenvalue weighted by Gasteiger charge is 2.07. The summed E-state index contributed by atoms with van der Waals surface area (Å²) in [6, 6.07) is 17.3. The highest BCUT2D eigenvalue weighted by molar-refractivity contribution is 6.01. The van der Waals surface area contributed by atoms with E-state index >= 15 is 0 Å². The zero-order valence-corrected chi connectivity index (χ0v) is 16.0. The van der Waals surface area contributed by atoms with Crippen LogP contribution >= 0.6 is 0 Å². The van der Waals surface area contributed by atoms with E-state index in [4.69, 9.17) is 9.47 Å². The predicted molar refractivity (Wildman–Crippen MR) is 110 cm³/mol. The molecule has 2 aromatic carbocycles. The molecule has 0 bridgehead atoms. The molecule has 0 aliphatic carbocycles. The van der Waals surface area contributed by atoms with Gasteiger partial charge in [-0.2, -0.15) is 5.10 Å². The Labute approximate surface area is 164 Å². The third kappa shape index (κ3) is 5.01. The van der Waals surface area contributed by atoms with Gasteiger partial charge in [-0.25, -0.2) is 4.68 Å². The van der Waals surface area contributed by atoms with E-state index in [-0.39, 0.29) is 5.91 Å². The molecule has 3 aromatic rings. The van der Waals surface area contributed by atoms with Crippen LogP contribution in [-0.2, 0) is 11.3 Å². The second kappa shape index (κ2) is 9.41. The van der Waals surface area contributed by atoms with Gasteiger partial charge in [-0.1, -0.05) is 36.4 Å². The molecule has 0 saturated carbocycles. The standard InChI is InChI=1S/C22H23N3O3/c1-3-28-20-15-17(9-11-19(20)27-2)10-12-22(26)24-21-13-14-23-25(21)16-18-7-5-4-6-8-18/h4-15H,3,16H2,1-2H3,(H,24,26)/b12-10+. The van der Waals surface area contributed by atoms with E-state index in [1.165, 1.54) is 6.08 Å². The zero-order chi connectivity index (χ0) is 19.8. The van der Waals surface area contributed by atoms with Crippen LogP contribution in [0.1, 0.15) is 18.1 Å². The second-order valence-corrected chi connectivity index (χ2v) is 6.03. The Hall–Kier alpha value is -3.54. The number of nitrogens with one attached hydrogen (secondary N) is 1. The number of hydrogen-bond acceptors (Lipinski definition) is 4. The average Bonchev–Trinajstić information content (AvgIpc) is 3.14. The van der Waals surface area contributed by atoms with E-state index in [9.17, 15) is 4.79 Å². The minimum atomic E-state index is -0.233. The molecule has 1 heterocycles. The number of nitrogens with zero attached hydrogens (tertiary/aromatic N) is 2. The summed E-state index contributed by atoms with van der Waals surface area (Å²) in [5.41, 5.74) is 1.95. The summed E-state index contributed by atoms with van der Waals surface area (Å²) in [6.07, 6.45) is 4.88. The number of carbonyl (C=O) groups excluding carboxylic acids is 1. The summed E-state index contributed by atoms with van der Waals surface area (Å²) < 4.78 is 12.6. The summed E-state index contributed by atoms with van der Waals surface area (Å²) in [5, 5.41) is 7.14. The number of hydrogen-bond donors (Lipinski definition) is 1. The van der Waals surface area contributed by atoms with Crippen LogP contribution in [0.5, 0.6) is 11.5 Å². The summed E-state index contributed by atoms with van der Waals surface area (Å²) in [6.45, 7) is 3.03. The van der Waals surface area contributed by atoms with Crippen molar-refractivity contribution in [3.63, 3.8) is 0 Å². The Morgan fingerprint density at radius 1 is 1.14 bits per heavy atom. The van der Waals surface area contributed by atoms with Crippen LogP contribution in [0.15, 0.2) is 66.9 Å². The zero-order valence-electron chi connectivity index (χ0n) is 16.0. The molecule has 1 aromatic heterocycles. The van der Waals surface area contributed by atoms with Crippen LogP contribution in [0.2, 0.25) is 0 Å². The number of aromatic nitrogens is 2. The van der Waals surface area contributed by atoms with Gasteiger partial charge in [0, 0.05) is 12.1 Å². The van der Waals surface area contributed by atoms with Gasteiger partial charge in [-0.05, 0) is 36.3 Å². The van der Waals surface area contributed by atoms with Crippen LogP contribution in [0.3, 0.4) is 0 Å². The molecule has 3 rings (SSSR count). The van der Waals surface area contributed by atoms with E-state index in [1.54, 1.807) is 30.1 Å². The molecule has 144 valence electrons. The molecule has 0 spiro atoms. The fraction of sp³-hybridized carbons (Fsp3) is 0.182. The largest absolute Gasteiger partial charge is 0.493 e. The van der Waals surface area contributed by atoms with Crippen molar-refractivity contribution >= 4 is 17.8 Å². The Morgan fingerprint density at radius 3 is 2.71 bits per heavy atom. The van der Waals surface area contributed by atoms with Crippen LogP contribution < -0.4 is 14.8 Å². The minimum absolute atomic E-state index is 0.233. The van der Waals surface area contributed by atoms with Crippen molar-refractivity contribution in [2.45, 2.75) is 13.5 Å². The first-order valence-corrected chi connectivity index (χ1v) is 9.05. The molecule has 0 aliphatic rings. The van der Waals surface area contributed by atoms with Gasteiger partial charge in [0.2, 0.25) is 5.91 Å². The van der Waals surface area contributed by atoms with Crippen molar-refractivity contribution in [2.24, 2.45) is 0 Å². The summed E-state index contributed by atoms with van der Waals surface area (Å²) >= 11 is 0. The van der Waals surface area contributed by atoms with Gasteiger partial charge >= 0.3 is 0 Å². The first kappa shape index (κ1) is 19.2. The molecule has 0 saturated heterocycles. The Kier molecular flexibility index (Phi) is 6.46. The Balaban J connectivity index is 1.66. The number of rotatable bonds is 8. The fourth-order valence-electron chi connectivity index (χ4n) is 2.73. The highest BCUT2D eigenvalue weighted by atomic mass is 16.5. The molecule has 1 N–H and O–H groups in total. The first-order chi connectivity index (χ1) is 13.7. The lowest BCUT2D eigenvalue weighted by Crippen LogP contribution is -2.13. The first-order valence-electron chi connectivity index (χ1n) is 9.05. The molecule has 0 fully saturated rings. The number of amides is 1. The molecule has 0 unspecified atom stereocenters. The summed E-state index contributed by atoms with van der Waals surface area (Å²) in [4.78, 5) is 12.3. The van der Waals surface area contributed by atoms with E-state index in [0.29, 0.717) is 30.5 Å². The number of anilines is 1. The quantitative estimate of drug-likeness (QED) is 0.603. The minimum Gasteiger partial charge on any atom is -0.493 e. The number of carbonyl (C=O) groups is 1. The molecule has 28 heavy (non-hydrogen) atoms. The number of ether oxygens (including phenoxy) is 2. The lowest BCUT2D eigenvalue weighted by atomic mass is 10.2. The summed E-state index contributed by atoms with van der Waals surface area (Å²) in [5.74, 6) is 1.72. The molecule has 0 atom stereocenters. The topological polar surface area (TPSA) is 65.4 Å². The van der Waals surface area contributed by atoms with Crippen molar-refractivity contribution in [2.75, 3.05) is 19.0 Å². The fourth-order valence-corrected chi connectivity index (χ4v) is 2.73. The van der Waals surface area contributed by atoms with Crippen molar-refractivity contribution in [1.82, 2.24) is 9.78 Å². The van der Waals surface area contributed by atoms with Crippen LogP contribution in [0, 0.1) is 0 Å². The number of benzene rings is 2. The SMILES string of the molecule is CCOc1cc(/C=C/C(=O)Nc2ccnn2Cc2ccccc2)ccc1OC. The van der Waals surface area contributed by atoms with Crippen molar-refractivity contribution in [1.29, 1.82) is 0 Å². The van der Waals surface area contributed by atoms with Crippen molar-refractivity contribution in [3.05, 3.63) is 78.0 Å². The second-order valence-electron chi connectivity index (χ2n) is 6.03. The maximum atomic E-state index is 12.3. The van der Waals surface area contributed by atoms with Gasteiger partial charge in [0.25, 0.3) is 0 Å². The lowest BCUT2D eigenvalue weighted by molar-refractivity contribution is -0.111. The normalized spacial score (nSPS) is 10.8. The van der Waals surface area contributed by atoms with E-state index in [1.807, 2.05) is 55.5 Å². The molecule has 6 nitrogen and oxygen atoms in total. The third-order valence-electron chi connectivity index (χ3n) is 4.06. The Morgan fingerprint density at radius 2 is 1.96 bits per heavy atom. The lowest BCUT2D eigenvalue weighted by Gasteiger charge is -2.09. The third-order valence-corrected chi connectivity index (χ3v) is 4.06. The summed E-state index contributed by atoms with van der Waals surface area (Å²) in [7, 11) is 1.60. The van der Waals surface area contributed by atoms with Crippen LogP contribution in [0.4, 0.5) is 5.82 Å². The highest BCUT2D eigenvalue weighted by Crippen LogP contribution is 2.28. The van der Waals surface area contributed by atoms with E-state index < -0.39 is 0 Å². The van der Waals surface area contributed by atoms with Crippen molar-refractivity contribution < 1.29 is 14.3 Å². The van der Waals surface area contributed by atoms with Crippen LogP contribution in [-0.4, -0.2) is 29.4 Å². The van der Waals surface area contributed by atoms with Gasteiger partial charge in [0.15, 0.2) is 11.5 Å². The van der Waals surface area contributed by atoms with E-state index in [2.05, 4.69) is 10.4 Å².